The number of carbonyl (C=O) groups is 1. The smallest absolute Gasteiger partial charge is 0.293 e. The second kappa shape index (κ2) is 8.35. The number of likely N-dealkylation sites (tertiary alicyclic amines) is 1. The monoisotopic (exact) mass is 459 g/mol. The molecule has 1 amide bonds. The molecule has 1 aromatic heterocycles. The van der Waals surface area contributed by atoms with Gasteiger partial charge in [-0.25, -0.2) is 4.39 Å². The number of halogens is 1. The van der Waals surface area contributed by atoms with Gasteiger partial charge >= 0.3 is 0 Å². The SMILES string of the molecule is C[C@]12C[C@@H]3N[C@H]1CCCC[C@H]2N(C(=O)c1cc(-c2ccccc2F)no1)[C@H]3Cc1ccccc1. The molecule has 2 aromatic carbocycles. The summed E-state index contributed by atoms with van der Waals surface area (Å²) in [5.41, 5.74) is 1.95. The topological polar surface area (TPSA) is 58.4 Å². The van der Waals surface area contributed by atoms with Gasteiger partial charge in [0.1, 0.15) is 11.5 Å². The van der Waals surface area contributed by atoms with Crippen LogP contribution in [-0.2, 0) is 6.42 Å². The number of hydrogen-bond acceptors (Lipinski definition) is 4. The third-order valence-electron chi connectivity index (χ3n) is 8.40. The van der Waals surface area contributed by atoms with Gasteiger partial charge in [-0.05, 0) is 43.4 Å². The normalized spacial score (nSPS) is 30.2. The summed E-state index contributed by atoms with van der Waals surface area (Å²) in [6, 6.07) is 19.2. The summed E-state index contributed by atoms with van der Waals surface area (Å²) < 4.78 is 19.9. The molecule has 3 heterocycles. The van der Waals surface area contributed by atoms with Crippen molar-refractivity contribution in [2.24, 2.45) is 5.41 Å². The Bertz CT molecular complexity index is 1200. The van der Waals surface area contributed by atoms with E-state index in [0.717, 1.165) is 32.1 Å². The van der Waals surface area contributed by atoms with Gasteiger partial charge in [-0.1, -0.05) is 67.4 Å². The molecule has 34 heavy (non-hydrogen) atoms. The summed E-state index contributed by atoms with van der Waals surface area (Å²) in [7, 11) is 0. The van der Waals surface area contributed by atoms with Crippen molar-refractivity contribution in [3.63, 3.8) is 0 Å². The predicted molar refractivity (Wildman–Crippen MR) is 128 cm³/mol. The number of carbonyl (C=O) groups excluding carboxylic acids is 1. The van der Waals surface area contributed by atoms with E-state index >= 15 is 0 Å². The van der Waals surface area contributed by atoms with Gasteiger partial charge in [-0.2, -0.15) is 0 Å². The summed E-state index contributed by atoms with van der Waals surface area (Å²) >= 11 is 0. The first-order valence-electron chi connectivity index (χ1n) is 12.4. The van der Waals surface area contributed by atoms with Crippen molar-refractivity contribution in [2.75, 3.05) is 0 Å². The lowest BCUT2D eigenvalue weighted by atomic mass is 9.69. The van der Waals surface area contributed by atoms with Gasteiger partial charge in [0, 0.05) is 35.2 Å². The van der Waals surface area contributed by atoms with E-state index in [-0.39, 0.29) is 41.0 Å². The maximum atomic E-state index is 14.3. The summed E-state index contributed by atoms with van der Waals surface area (Å²) in [6.07, 6.45) is 6.32. The highest BCUT2D eigenvalue weighted by Gasteiger charge is 2.59. The molecule has 176 valence electrons. The molecule has 2 aliphatic heterocycles. The van der Waals surface area contributed by atoms with Gasteiger partial charge in [-0.15, -0.1) is 0 Å². The summed E-state index contributed by atoms with van der Waals surface area (Å²) in [5.74, 6) is -0.334. The zero-order chi connectivity index (χ0) is 23.3. The molecule has 1 saturated carbocycles. The molecule has 3 aromatic rings. The van der Waals surface area contributed by atoms with Crippen LogP contribution in [0.25, 0.3) is 11.3 Å². The molecule has 0 radical (unpaired) electrons. The molecule has 2 bridgehead atoms. The fourth-order valence-electron chi connectivity index (χ4n) is 6.74. The first kappa shape index (κ1) is 21.5. The van der Waals surface area contributed by atoms with E-state index in [2.05, 4.69) is 46.6 Å². The third kappa shape index (κ3) is 3.47. The maximum Gasteiger partial charge on any atom is 0.293 e. The van der Waals surface area contributed by atoms with Crippen LogP contribution in [0.5, 0.6) is 0 Å². The number of aromatic nitrogens is 1. The van der Waals surface area contributed by atoms with Crippen molar-refractivity contribution in [1.29, 1.82) is 0 Å². The molecule has 1 N–H and O–H groups in total. The quantitative estimate of drug-likeness (QED) is 0.581. The van der Waals surface area contributed by atoms with Gasteiger partial charge in [-0.3, -0.25) is 4.79 Å². The van der Waals surface area contributed by atoms with Crippen LogP contribution in [0.2, 0.25) is 0 Å². The second-order valence-electron chi connectivity index (χ2n) is 10.4. The van der Waals surface area contributed by atoms with E-state index in [9.17, 15) is 9.18 Å². The van der Waals surface area contributed by atoms with E-state index < -0.39 is 0 Å². The fourth-order valence-corrected chi connectivity index (χ4v) is 6.74. The minimum Gasteiger partial charge on any atom is -0.350 e. The van der Waals surface area contributed by atoms with Gasteiger partial charge < -0.3 is 14.7 Å². The Kier molecular flexibility index (Phi) is 5.29. The second-order valence-corrected chi connectivity index (χ2v) is 10.4. The number of rotatable bonds is 4. The Balaban J connectivity index is 1.39. The molecule has 6 rings (SSSR count). The Morgan fingerprint density at radius 3 is 2.74 bits per heavy atom. The minimum atomic E-state index is -0.379. The Hall–Kier alpha value is -2.99. The number of amides is 1. The largest absolute Gasteiger partial charge is 0.350 e. The molecule has 6 heteroatoms. The van der Waals surface area contributed by atoms with Gasteiger partial charge in [0.15, 0.2) is 0 Å². The maximum absolute atomic E-state index is 14.3. The van der Waals surface area contributed by atoms with E-state index in [1.54, 1.807) is 24.3 Å². The van der Waals surface area contributed by atoms with Crippen molar-refractivity contribution in [3.8, 4) is 11.3 Å². The molecule has 3 aliphatic rings. The molecule has 1 aliphatic carbocycles. The van der Waals surface area contributed by atoms with Gasteiger partial charge in [0.05, 0.1) is 6.04 Å². The van der Waals surface area contributed by atoms with E-state index in [4.69, 9.17) is 4.52 Å². The van der Waals surface area contributed by atoms with Crippen molar-refractivity contribution in [1.82, 2.24) is 15.4 Å². The lowest BCUT2D eigenvalue weighted by Crippen LogP contribution is -2.61. The summed E-state index contributed by atoms with van der Waals surface area (Å²) in [5, 5.41) is 7.98. The van der Waals surface area contributed by atoms with Crippen molar-refractivity contribution < 1.29 is 13.7 Å². The van der Waals surface area contributed by atoms with Crippen molar-refractivity contribution in [2.45, 2.75) is 69.6 Å². The summed E-state index contributed by atoms with van der Waals surface area (Å²) in [6.45, 7) is 2.35. The van der Waals surface area contributed by atoms with Crippen LogP contribution in [0.3, 0.4) is 0 Å². The number of fused-ring (bicyclic) bond motifs is 1. The van der Waals surface area contributed by atoms with Crippen LogP contribution in [-0.4, -0.2) is 40.1 Å². The Morgan fingerprint density at radius 1 is 1.15 bits per heavy atom. The lowest BCUT2D eigenvalue weighted by molar-refractivity contribution is 0.000414. The molecular weight excluding hydrogens is 429 g/mol. The Morgan fingerprint density at radius 2 is 1.91 bits per heavy atom. The van der Waals surface area contributed by atoms with E-state index in [0.29, 0.717) is 17.3 Å². The van der Waals surface area contributed by atoms with Crippen LogP contribution in [0, 0.1) is 11.2 Å². The fraction of sp³-hybridized carbons (Fsp3) is 0.429. The van der Waals surface area contributed by atoms with E-state index in [1.807, 2.05) is 6.07 Å². The number of hydrogen-bond donors (Lipinski definition) is 1. The minimum absolute atomic E-state index is 0.0260. The molecule has 0 unspecified atom stereocenters. The van der Waals surface area contributed by atoms with Gasteiger partial charge in [0.2, 0.25) is 5.76 Å². The highest BCUT2D eigenvalue weighted by atomic mass is 19.1. The zero-order valence-electron chi connectivity index (χ0n) is 19.4. The number of benzene rings is 2. The standard InChI is InChI=1S/C28H30FN3O2/c1-28-17-22-23(15-18-9-3-2-4-10-18)32(26(28)14-8-7-13-25(28)30-22)27(33)24-16-21(31-34-24)19-11-5-6-12-20(19)29/h2-6,9-12,16,22-23,25-26,30H,7-8,13-15,17H2,1H3/t22-,23-,25-,26+,28-/m0/s1. The lowest BCUT2D eigenvalue weighted by Gasteiger charge is -2.50. The first-order chi connectivity index (χ1) is 16.5. The molecule has 3 fully saturated rings. The van der Waals surface area contributed by atoms with Gasteiger partial charge in [0.25, 0.3) is 5.91 Å². The van der Waals surface area contributed by atoms with Crippen LogP contribution < -0.4 is 5.32 Å². The third-order valence-corrected chi connectivity index (χ3v) is 8.40. The molecule has 0 spiro atoms. The first-order valence-corrected chi connectivity index (χ1v) is 12.4. The van der Waals surface area contributed by atoms with E-state index in [1.165, 1.54) is 18.1 Å². The number of nitrogens with zero attached hydrogens (tertiary/aromatic N) is 2. The average Bonchev–Trinajstić information content (AvgIpc) is 3.40. The average molecular weight is 460 g/mol. The number of nitrogens with one attached hydrogen (secondary N) is 1. The zero-order valence-corrected chi connectivity index (χ0v) is 19.4. The molecule has 5 nitrogen and oxygen atoms in total. The number of piperidine rings is 1. The Labute approximate surface area is 199 Å². The molecular formula is C28H30FN3O2. The van der Waals surface area contributed by atoms with Crippen LogP contribution in [0.15, 0.2) is 65.2 Å². The van der Waals surface area contributed by atoms with Crippen molar-refractivity contribution in [3.05, 3.63) is 77.8 Å². The van der Waals surface area contributed by atoms with Crippen LogP contribution >= 0.6 is 0 Å². The summed E-state index contributed by atoms with van der Waals surface area (Å²) in [4.78, 5) is 16.2. The molecule has 5 atom stereocenters. The van der Waals surface area contributed by atoms with Crippen LogP contribution in [0.4, 0.5) is 4.39 Å². The highest BCUT2D eigenvalue weighted by molar-refractivity contribution is 5.93. The molecule has 2 saturated heterocycles. The predicted octanol–water partition coefficient (Wildman–Crippen LogP) is 5.23. The van der Waals surface area contributed by atoms with Crippen molar-refractivity contribution >= 4 is 5.91 Å². The highest BCUT2D eigenvalue weighted by Crippen LogP contribution is 2.51. The van der Waals surface area contributed by atoms with Crippen LogP contribution in [0.1, 0.15) is 55.1 Å².